The summed E-state index contributed by atoms with van der Waals surface area (Å²) in [5.74, 6) is 1.68. The van der Waals surface area contributed by atoms with Crippen LogP contribution in [0.25, 0.3) is 0 Å². The van der Waals surface area contributed by atoms with E-state index in [-0.39, 0.29) is 11.9 Å². The highest BCUT2D eigenvalue weighted by Crippen LogP contribution is 2.38. The van der Waals surface area contributed by atoms with E-state index < -0.39 is 6.04 Å². The van der Waals surface area contributed by atoms with Gasteiger partial charge in [-0.25, -0.2) is 4.79 Å². The van der Waals surface area contributed by atoms with Gasteiger partial charge in [-0.15, -0.1) is 0 Å². The Morgan fingerprint density at radius 2 is 2.00 bits per heavy atom. The largest absolute Gasteiger partial charge is 0.497 e. The molecule has 2 aliphatic rings. The molecule has 2 N–H and O–H groups in total. The lowest BCUT2D eigenvalue weighted by Gasteiger charge is -2.27. The number of ether oxygens (including phenoxy) is 2. The number of hydrogen-bond acceptors (Lipinski definition) is 4. The van der Waals surface area contributed by atoms with Crippen LogP contribution in [0.15, 0.2) is 29.5 Å². The van der Waals surface area contributed by atoms with Gasteiger partial charge in [0.1, 0.15) is 11.5 Å². The number of hydrogen-bond donors (Lipinski definition) is 2. The van der Waals surface area contributed by atoms with E-state index in [4.69, 9.17) is 9.47 Å². The van der Waals surface area contributed by atoms with E-state index in [0.717, 1.165) is 6.42 Å². The van der Waals surface area contributed by atoms with Crippen molar-refractivity contribution in [1.29, 1.82) is 0 Å². The van der Waals surface area contributed by atoms with E-state index in [9.17, 15) is 9.59 Å². The van der Waals surface area contributed by atoms with Crippen molar-refractivity contribution in [2.24, 2.45) is 5.92 Å². The lowest BCUT2D eigenvalue weighted by Crippen LogP contribution is -2.44. The Bertz CT molecular complexity index is 757. The molecule has 2 heterocycles. The Morgan fingerprint density at radius 1 is 1.23 bits per heavy atom. The molecular weight excluding hydrogens is 334 g/mol. The molecule has 140 valence electrons. The molecule has 0 aliphatic carbocycles. The molecule has 26 heavy (non-hydrogen) atoms. The maximum Gasteiger partial charge on any atom is 0.319 e. The minimum absolute atomic E-state index is 0.0528. The third-order valence-corrected chi connectivity index (χ3v) is 4.74. The van der Waals surface area contributed by atoms with Crippen LogP contribution in [0.5, 0.6) is 11.5 Å². The molecule has 0 saturated heterocycles. The highest BCUT2D eigenvalue weighted by Gasteiger charge is 2.41. The lowest BCUT2D eigenvalue weighted by atomic mass is 9.95. The summed E-state index contributed by atoms with van der Waals surface area (Å²) in [4.78, 5) is 27.0. The molecule has 3 amide bonds. The van der Waals surface area contributed by atoms with Gasteiger partial charge in [0.2, 0.25) is 0 Å². The summed E-state index contributed by atoms with van der Waals surface area (Å²) in [5.41, 5.74) is 1.94. The maximum absolute atomic E-state index is 13.0. The minimum atomic E-state index is -0.569. The number of benzene rings is 1. The van der Waals surface area contributed by atoms with Crippen LogP contribution in [0.4, 0.5) is 4.79 Å². The van der Waals surface area contributed by atoms with Crippen LogP contribution >= 0.6 is 0 Å². The first-order chi connectivity index (χ1) is 12.4. The predicted octanol–water partition coefficient (Wildman–Crippen LogP) is 2.20. The standard InChI is InChI=1S/C19H25N3O4/c1-11(2)7-8-22-10-14-16(18(22)23)17(21-19(24)20-14)13-9-12(25-3)5-6-15(13)26-4/h5-6,9,11,17H,7-8,10H2,1-4H3,(H2,20,21,24)/t17-/m1/s1. The van der Waals surface area contributed by atoms with E-state index in [2.05, 4.69) is 24.5 Å². The summed E-state index contributed by atoms with van der Waals surface area (Å²) >= 11 is 0. The Balaban J connectivity index is 1.96. The van der Waals surface area contributed by atoms with Crippen LogP contribution < -0.4 is 20.1 Å². The minimum Gasteiger partial charge on any atom is -0.497 e. The molecule has 0 bridgehead atoms. The average Bonchev–Trinajstić information content (AvgIpc) is 2.94. The average molecular weight is 359 g/mol. The molecule has 0 saturated carbocycles. The van der Waals surface area contributed by atoms with Crippen molar-refractivity contribution in [2.45, 2.75) is 26.3 Å². The number of carbonyl (C=O) groups excluding carboxylic acids is 2. The Kier molecular flexibility index (Phi) is 5.06. The summed E-state index contributed by atoms with van der Waals surface area (Å²) < 4.78 is 10.7. The molecule has 0 unspecified atom stereocenters. The number of amides is 3. The highest BCUT2D eigenvalue weighted by atomic mass is 16.5. The van der Waals surface area contributed by atoms with E-state index in [1.807, 2.05) is 0 Å². The van der Waals surface area contributed by atoms with E-state index in [0.29, 0.717) is 47.3 Å². The number of urea groups is 1. The smallest absolute Gasteiger partial charge is 0.319 e. The Morgan fingerprint density at radius 3 is 2.65 bits per heavy atom. The van der Waals surface area contributed by atoms with Gasteiger partial charge >= 0.3 is 6.03 Å². The van der Waals surface area contributed by atoms with Crippen molar-refractivity contribution in [2.75, 3.05) is 27.3 Å². The molecule has 0 fully saturated rings. The topological polar surface area (TPSA) is 79.9 Å². The monoisotopic (exact) mass is 359 g/mol. The van der Waals surface area contributed by atoms with Gasteiger partial charge in [0.25, 0.3) is 5.91 Å². The summed E-state index contributed by atoms with van der Waals surface area (Å²) in [7, 11) is 3.14. The van der Waals surface area contributed by atoms with Gasteiger partial charge in [0.15, 0.2) is 0 Å². The molecule has 3 rings (SSSR count). The lowest BCUT2D eigenvalue weighted by molar-refractivity contribution is -0.125. The molecule has 1 aromatic rings. The van der Waals surface area contributed by atoms with Gasteiger partial charge in [-0.1, -0.05) is 13.8 Å². The fourth-order valence-corrected chi connectivity index (χ4v) is 3.32. The fourth-order valence-electron chi connectivity index (χ4n) is 3.32. The molecule has 2 aliphatic heterocycles. The van der Waals surface area contributed by atoms with Gasteiger partial charge < -0.3 is 25.0 Å². The van der Waals surface area contributed by atoms with Crippen molar-refractivity contribution >= 4 is 11.9 Å². The van der Waals surface area contributed by atoms with Crippen LogP contribution in [0.3, 0.4) is 0 Å². The number of nitrogens with zero attached hydrogens (tertiary/aromatic N) is 1. The van der Waals surface area contributed by atoms with Crippen molar-refractivity contribution in [3.8, 4) is 11.5 Å². The Hall–Kier alpha value is -2.70. The van der Waals surface area contributed by atoms with Gasteiger partial charge in [-0.3, -0.25) is 4.79 Å². The quantitative estimate of drug-likeness (QED) is 0.816. The number of methoxy groups -OCH3 is 2. The summed E-state index contributed by atoms with van der Waals surface area (Å²) in [5, 5.41) is 5.64. The first-order valence-corrected chi connectivity index (χ1v) is 8.76. The van der Waals surface area contributed by atoms with Gasteiger partial charge in [-0.05, 0) is 30.5 Å². The molecule has 7 nitrogen and oxygen atoms in total. The van der Waals surface area contributed by atoms with Crippen molar-refractivity contribution in [3.05, 3.63) is 35.0 Å². The van der Waals surface area contributed by atoms with Crippen molar-refractivity contribution < 1.29 is 19.1 Å². The highest BCUT2D eigenvalue weighted by molar-refractivity contribution is 6.01. The van der Waals surface area contributed by atoms with Crippen LogP contribution in [0.2, 0.25) is 0 Å². The van der Waals surface area contributed by atoms with E-state index in [1.165, 1.54) is 0 Å². The second kappa shape index (κ2) is 7.27. The zero-order chi connectivity index (χ0) is 18.8. The Labute approximate surface area is 153 Å². The molecule has 1 aromatic carbocycles. The molecule has 0 radical (unpaired) electrons. The van der Waals surface area contributed by atoms with Crippen molar-refractivity contribution in [1.82, 2.24) is 15.5 Å². The third-order valence-electron chi connectivity index (χ3n) is 4.74. The zero-order valence-corrected chi connectivity index (χ0v) is 15.6. The molecule has 7 heteroatoms. The first-order valence-electron chi connectivity index (χ1n) is 8.76. The third kappa shape index (κ3) is 3.34. The second-order valence-electron chi connectivity index (χ2n) is 6.94. The van der Waals surface area contributed by atoms with Crippen LogP contribution in [0, 0.1) is 5.92 Å². The van der Waals surface area contributed by atoms with Crippen LogP contribution in [0.1, 0.15) is 31.9 Å². The summed E-state index contributed by atoms with van der Waals surface area (Å²) in [6.07, 6.45) is 0.917. The molecule has 0 spiro atoms. The fraction of sp³-hybridized carbons (Fsp3) is 0.474. The molecular formula is C19H25N3O4. The van der Waals surface area contributed by atoms with Crippen molar-refractivity contribution in [3.63, 3.8) is 0 Å². The predicted molar refractivity (Wildman–Crippen MR) is 97.0 cm³/mol. The second-order valence-corrected chi connectivity index (χ2v) is 6.94. The zero-order valence-electron chi connectivity index (χ0n) is 15.6. The maximum atomic E-state index is 13.0. The summed E-state index contributed by atoms with van der Waals surface area (Å²) in [6.45, 7) is 5.35. The van der Waals surface area contributed by atoms with Crippen LogP contribution in [-0.2, 0) is 4.79 Å². The normalized spacial score (nSPS) is 19.4. The summed E-state index contributed by atoms with van der Waals surface area (Å²) in [6, 6.07) is 4.46. The molecule has 1 atom stereocenters. The first kappa shape index (κ1) is 18.1. The molecule has 0 aromatic heterocycles. The SMILES string of the molecule is COc1ccc(OC)c([C@H]2NC(=O)NC3=C2C(=O)N(CCC(C)C)C3)c1. The van der Waals surface area contributed by atoms with Gasteiger partial charge in [-0.2, -0.15) is 0 Å². The number of rotatable bonds is 6. The van der Waals surface area contributed by atoms with E-state index >= 15 is 0 Å². The van der Waals surface area contributed by atoms with E-state index in [1.54, 1.807) is 37.3 Å². The number of carbonyl (C=O) groups is 2. The van der Waals surface area contributed by atoms with Gasteiger partial charge in [0.05, 0.1) is 38.1 Å². The number of nitrogens with one attached hydrogen (secondary N) is 2. The van der Waals surface area contributed by atoms with Gasteiger partial charge in [0, 0.05) is 12.1 Å². The van der Waals surface area contributed by atoms with Crippen LogP contribution in [-0.4, -0.2) is 44.1 Å².